The molecule has 0 aliphatic rings. The Kier molecular flexibility index (Phi) is 3.89. The van der Waals surface area contributed by atoms with E-state index in [1.54, 1.807) is 30.6 Å². The van der Waals surface area contributed by atoms with Gasteiger partial charge in [-0.1, -0.05) is 6.07 Å². The molecule has 0 aliphatic heterocycles. The second kappa shape index (κ2) is 5.99. The van der Waals surface area contributed by atoms with E-state index in [9.17, 15) is 9.90 Å². The number of benzene rings is 1. The molecule has 0 saturated heterocycles. The van der Waals surface area contributed by atoms with Gasteiger partial charge < -0.3 is 14.6 Å². The van der Waals surface area contributed by atoms with Gasteiger partial charge in [-0.25, -0.2) is 0 Å². The van der Waals surface area contributed by atoms with Gasteiger partial charge >= 0.3 is 5.97 Å². The zero-order chi connectivity index (χ0) is 15.5. The normalized spacial score (nSPS) is 12.4. The van der Waals surface area contributed by atoms with Crippen LogP contribution < -0.4 is 0 Å². The number of nitrogens with zero attached hydrogens (tertiary/aromatic N) is 1. The van der Waals surface area contributed by atoms with Crippen molar-refractivity contribution in [2.75, 3.05) is 6.61 Å². The predicted octanol–water partition coefficient (Wildman–Crippen LogP) is 2.58. The van der Waals surface area contributed by atoms with Crippen LogP contribution in [0, 0.1) is 0 Å². The molecule has 0 bridgehead atoms. The highest BCUT2D eigenvalue weighted by molar-refractivity contribution is 5.81. The average Bonchev–Trinajstić information content (AvgIpc) is 2.91. The summed E-state index contributed by atoms with van der Waals surface area (Å²) >= 11 is 0. The highest BCUT2D eigenvalue weighted by Crippen LogP contribution is 2.30. The molecule has 1 atom stereocenters. The first kappa shape index (κ1) is 14.3. The van der Waals surface area contributed by atoms with Crippen LogP contribution in [0.5, 0.6) is 0 Å². The average molecular weight is 297 g/mol. The molecule has 2 N–H and O–H groups in total. The number of carboxylic acid groups (broad SMARTS) is 1. The number of aliphatic hydroxyl groups excluding tert-OH is 1. The van der Waals surface area contributed by atoms with E-state index in [1.807, 2.05) is 18.2 Å². The van der Waals surface area contributed by atoms with E-state index >= 15 is 0 Å². The van der Waals surface area contributed by atoms with Crippen molar-refractivity contribution in [2.24, 2.45) is 0 Å². The van der Waals surface area contributed by atoms with Crippen molar-refractivity contribution in [1.29, 1.82) is 0 Å². The molecule has 22 heavy (non-hydrogen) atoms. The Morgan fingerprint density at radius 2 is 1.95 bits per heavy atom. The lowest BCUT2D eigenvalue weighted by Gasteiger charge is -2.10. The van der Waals surface area contributed by atoms with Gasteiger partial charge in [-0.05, 0) is 41.5 Å². The smallest absolute Gasteiger partial charge is 0.307 e. The molecule has 2 aromatic heterocycles. The first-order chi connectivity index (χ1) is 10.7. The lowest BCUT2D eigenvalue weighted by atomic mass is 9.98. The number of rotatable bonds is 5. The van der Waals surface area contributed by atoms with Crippen molar-refractivity contribution in [1.82, 2.24) is 4.98 Å². The van der Waals surface area contributed by atoms with Gasteiger partial charge in [0.15, 0.2) is 0 Å². The van der Waals surface area contributed by atoms with Crippen LogP contribution in [-0.4, -0.2) is 27.8 Å². The van der Waals surface area contributed by atoms with Gasteiger partial charge in [-0.2, -0.15) is 0 Å². The lowest BCUT2D eigenvalue weighted by Crippen LogP contribution is -2.04. The third-order valence-electron chi connectivity index (χ3n) is 3.59. The molecule has 5 heteroatoms. The van der Waals surface area contributed by atoms with Crippen LogP contribution in [0.25, 0.3) is 11.0 Å². The fourth-order valence-corrected chi connectivity index (χ4v) is 2.53. The molecular formula is C17H15NO4. The summed E-state index contributed by atoms with van der Waals surface area (Å²) in [6.45, 7) is -0.0776. The first-order valence-electron chi connectivity index (χ1n) is 6.92. The fraction of sp³-hybridized carbons (Fsp3) is 0.176. The summed E-state index contributed by atoms with van der Waals surface area (Å²) in [6, 6.07) is 10.8. The van der Waals surface area contributed by atoms with Crippen LogP contribution in [0.3, 0.4) is 0 Å². The Labute approximate surface area is 126 Å². The van der Waals surface area contributed by atoms with E-state index in [4.69, 9.17) is 9.52 Å². The monoisotopic (exact) mass is 297 g/mol. The van der Waals surface area contributed by atoms with Gasteiger partial charge in [0.25, 0.3) is 0 Å². The predicted molar refractivity (Wildman–Crippen MR) is 80.7 cm³/mol. The summed E-state index contributed by atoms with van der Waals surface area (Å²) in [7, 11) is 0. The first-order valence-corrected chi connectivity index (χ1v) is 6.92. The van der Waals surface area contributed by atoms with Crippen LogP contribution in [0.15, 0.2) is 53.2 Å². The van der Waals surface area contributed by atoms with Crippen LogP contribution in [-0.2, 0) is 11.2 Å². The highest BCUT2D eigenvalue weighted by atomic mass is 16.4. The standard InChI is InChI=1S/C17H15NO4/c19-10-14(12-3-5-18-6-4-12)16-9-13-7-11(8-17(20)21)1-2-15(13)22-16/h1-7,9,14,19H,8,10H2,(H,20,21). The molecular weight excluding hydrogens is 282 g/mol. The van der Waals surface area contributed by atoms with Crippen LogP contribution in [0.1, 0.15) is 22.8 Å². The van der Waals surface area contributed by atoms with E-state index in [0.29, 0.717) is 11.3 Å². The summed E-state index contributed by atoms with van der Waals surface area (Å²) in [4.78, 5) is 14.8. The SMILES string of the molecule is O=C(O)Cc1ccc2oc(C(CO)c3ccncc3)cc2c1. The molecule has 3 aromatic rings. The van der Waals surface area contributed by atoms with Crippen molar-refractivity contribution in [3.63, 3.8) is 0 Å². The molecule has 0 saturated carbocycles. The molecule has 2 heterocycles. The number of carboxylic acids is 1. The molecule has 112 valence electrons. The quantitative estimate of drug-likeness (QED) is 0.756. The summed E-state index contributed by atoms with van der Waals surface area (Å²) in [5, 5.41) is 19.4. The van der Waals surface area contributed by atoms with Gasteiger partial charge in [0.2, 0.25) is 0 Å². The largest absolute Gasteiger partial charge is 0.481 e. The molecule has 3 rings (SSSR count). The number of hydrogen-bond acceptors (Lipinski definition) is 4. The maximum absolute atomic E-state index is 10.8. The number of fused-ring (bicyclic) bond motifs is 1. The van der Waals surface area contributed by atoms with Crippen molar-refractivity contribution in [3.05, 3.63) is 65.7 Å². The summed E-state index contributed by atoms with van der Waals surface area (Å²) in [5.41, 5.74) is 2.32. The number of hydrogen-bond donors (Lipinski definition) is 2. The summed E-state index contributed by atoms with van der Waals surface area (Å²) < 4.78 is 5.81. The van der Waals surface area contributed by atoms with E-state index in [0.717, 1.165) is 16.5 Å². The van der Waals surface area contributed by atoms with Gasteiger partial charge in [0, 0.05) is 17.8 Å². The topological polar surface area (TPSA) is 83.6 Å². The molecule has 0 amide bonds. The van der Waals surface area contributed by atoms with Crippen LogP contribution >= 0.6 is 0 Å². The summed E-state index contributed by atoms with van der Waals surface area (Å²) in [6.07, 6.45) is 3.32. The van der Waals surface area contributed by atoms with Crippen LogP contribution in [0.2, 0.25) is 0 Å². The number of aromatic nitrogens is 1. The third-order valence-corrected chi connectivity index (χ3v) is 3.59. The van der Waals surface area contributed by atoms with Gasteiger partial charge in [0.1, 0.15) is 11.3 Å². The zero-order valence-electron chi connectivity index (χ0n) is 11.8. The molecule has 0 aliphatic carbocycles. The van der Waals surface area contributed by atoms with Crippen LogP contribution in [0.4, 0.5) is 0 Å². The minimum absolute atomic E-state index is 0.0236. The van der Waals surface area contributed by atoms with Crippen molar-refractivity contribution in [2.45, 2.75) is 12.3 Å². The minimum atomic E-state index is -0.868. The van der Waals surface area contributed by atoms with Crippen molar-refractivity contribution >= 4 is 16.9 Å². The van der Waals surface area contributed by atoms with Gasteiger partial charge in [0.05, 0.1) is 18.9 Å². The Hall–Kier alpha value is -2.66. The van der Waals surface area contributed by atoms with Crippen molar-refractivity contribution < 1.29 is 19.4 Å². The molecule has 0 radical (unpaired) electrons. The Morgan fingerprint density at radius 3 is 2.64 bits per heavy atom. The zero-order valence-corrected chi connectivity index (χ0v) is 11.8. The number of furan rings is 1. The maximum Gasteiger partial charge on any atom is 0.307 e. The number of carbonyl (C=O) groups is 1. The Morgan fingerprint density at radius 1 is 1.18 bits per heavy atom. The van der Waals surface area contributed by atoms with Gasteiger partial charge in [-0.3, -0.25) is 9.78 Å². The molecule has 0 spiro atoms. The van der Waals surface area contributed by atoms with E-state index < -0.39 is 5.97 Å². The minimum Gasteiger partial charge on any atom is -0.481 e. The Bertz CT molecular complexity index is 795. The maximum atomic E-state index is 10.8. The lowest BCUT2D eigenvalue weighted by molar-refractivity contribution is -0.136. The molecule has 5 nitrogen and oxygen atoms in total. The highest BCUT2D eigenvalue weighted by Gasteiger charge is 2.18. The molecule has 1 aromatic carbocycles. The summed E-state index contributed by atoms with van der Waals surface area (Å²) in [5.74, 6) is -0.484. The third kappa shape index (κ3) is 2.84. The van der Waals surface area contributed by atoms with Gasteiger partial charge in [-0.15, -0.1) is 0 Å². The second-order valence-electron chi connectivity index (χ2n) is 5.11. The number of aliphatic carboxylic acids is 1. The van der Waals surface area contributed by atoms with E-state index in [-0.39, 0.29) is 18.9 Å². The van der Waals surface area contributed by atoms with E-state index in [1.165, 1.54) is 0 Å². The fourth-order valence-electron chi connectivity index (χ4n) is 2.53. The Balaban J connectivity index is 1.98. The molecule has 0 fully saturated rings. The number of aliphatic hydroxyl groups is 1. The molecule has 1 unspecified atom stereocenters. The van der Waals surface area contributed by atoms with E-state index in [2.05, 4.69) is 4.98 Å². The number of pyridine rings is 1. The second-order valence-corrected chi connectivity index (χ2v) is 5.11. The van der Waals surface area contributed by atoms with Crippen molar-refractivity contribution in [3.8, 4) is 0 Å².